The third kappa shape index (κ3) is 3.32. The lowest BCUT2D eigenvalue weighted by Crippen LogP contribution is -2.44. The second-order valence-electron chi connectivity index (χ2n) is 6.25. The van der Waals surface area contributed by atoms with Crippen molar-refractivity contribution in [3.63, 3.8) is 0 Å². The van der Waals surface area contributed by atoms with Crippen molar-refractivity contribution in [1.82, 2.24) is 25.1 Å². The highest BCUT2D eigenvalue weighted by atomic mass is 16.2. The first-order valence-corrected chi connectivity index (χ1v) is 7.73. The van der Waals surface area contributed by atoms with E-state index in [9.17, 15) is 4.79 Å². The number of benzene rings is 1. The summed E-state index contributed by atoms with van der Waals surface area (Å²) >= 11 is 0. The molecule has 0 saturated carbocycles. The van der Waals surface area contributed by atoms with Gasteiger partial charge in [0.2, 0.25) is 11.7 Å². The van der Waals surface area contributed by atoms with E-state index in [1.165, 1.54) is 11.2 Å². The van der Waals surface area contributed by atoms with Crippen LogP contribution in [-0.4, -0.2) is 44.1 Å². The van der Waals surface area contributed by atoms with Crippen LogP contribution in [0, 0.1) is 11.8 Å². The van der Waals surface area contributed by atoms with Gasteiger partial charge < -0.3 is 4.90 Å². The van der Waals surface area contributed by atoms with E-state index in [1.807, 2.05) is 35.2 Å². The molecule has 2 heterocycles. The molecule has 6 nitrogen and oxygen atoms in total. The number of amides is 1. The molecule has 1 saturated heterocycles. The van der Waals surface area contributed by atoms with Gasteiger partial charge in [0.25, 0.3) is 0 Å². The van der Waals surface area contributed by atoms with Crippen LogP contribution in [0.1, 0.15) is 20.3 Å². The van der Waals surface area contributed by atoms with Crippen LogP contribution in [0.15, 0.2) is 30.3 Å². The van der Waals surface area contributed by atoms with Crippen molar-refractivity contribution in [2.24, 2.45) is 11.8 Å². The molecule has 1 aliphatic rings. The Balaban J connectivity index is 1.66. The van der Waals surface area contributed by atoms with E-state index < -0.39 is 0 Å². The summed E-state index contributed by atoms with van der Waals surface area (Å²) < 4.78 is 0. The number of hydrogen-bond acceptors (Lipinski definition) is 4. The Morgan fingerprint density at radius 2 is 1.86 bits per heavy atom. The molecule has 1 aromatic carbocycles. The van der Waals surface area contributed by atoms with Crippen LogP contribution in [-0.2, 0) is 11.3 Å². The summed E-state index contributed by atoms with van der Waals surface area (Å²) in [5, 5.41) is 12.3. The van der Waals surface area contributed by atoms with E-state index in [0.717, 1.165) is 18.7 Å². The molecule has 1 amide bonds. The Labute approximate surface area is 130 Å². The minimum atomic E-state index is 0.0652. The van der Waals surface area contributed by atoms with E-state index >= 15 is 0 Å². The summed E-state index contributed by atoms with van der Waals surface area (Å²) in [5.74, 6) is 1.72. The zero-order valence-corrected chi connectivity index (χ0v) is 13.0. The molecule has 1 aromatic heterocycles. The maximum Gasteiger partial charge on any atom is 0.246 e. The van der Waals surface area contributed by atoms with Crippen LogP contribution < -0.4 is 0 Å². The normalized spacial score (nSPS) is 21.8. The third-order valence-electron chi connectivity index (χ3n) is 3.98. The third-order valence-corrected chi connectivity index (χ3v) is 3.98. The summed E-state index contributed by atoms with van der Waals surface area (Å²) in [5.41, 5.74) is 0.904. The van der Waals surface area contributed by atoms with Crippen molar-refractivity contribution in [2.75, 3.05) is 13.1 Å². The number of aromatic nitrogens is 4. The fourth-order valence-corrected chi connectivity index (χ4v) is 3.10. The summed E-state index contributed by atoms with van der Waals surface area (Å²) in [4.78, 5) is 15.7. The fraction of sp³-hybridized carbons (Fsp3) is 0.500. The quantitative estimate of drug-likeness (QED) is 0.867. The van der Waals surface area contributed by atoms with Gasteiger partial charge in [0.1, 0.15) is 6.54 Å². The van der Waals surface area contributed by atoms with Gasteiger partial charge in [-0.25, -0.2) is 0 Å². The second kappa shape index (κ2) is 6.25. The van der Waals surface area contributed by atoms with Crippen LogP contribution in [0.3, 0.4) is 0 Å². The molecule has 2 aromatic rings. The summed E-state index contributed by atoms with van der Waals surface area (Å²) in [6, 6.07) is 9.65. The van der Waals surface area contributed by atoms with Crippen LogP contribution >= 0.6 is 0 Å². The van der Waals surface area contributed by atoms with Crippen molar-refractivity contribution in [2.45, 2.75) is 26.8 Å². The van der Waals surface area contributed by atoms with Crippen molar-refractivity contribution < 1.29 is 4.79 Å². The number of likely N-dealkylation sites (tertiary alicyclic amines) is 1. The van der Waals surface area contributed by atoms with Crippen molar-refractivity contribution in [3.05, 3.63) is 30.3 Å². The molecular formula is C16H21N5O. The Bertz CT molecular complexity index is 629. The van der Waals surface area contributed by atoms with Crippen LogP contribution in [0.4, 0.5) is 0 Å². The van der Waals surface area contributed by atoms with E-state index in [2.05, 4.69) is 29.3 Å². The number of carbonyl (C=O) groups is 1. The lowest BCUT2D eigenvalue weighted by Gasteiger charge is -2.34. The Kier molecular flexibility index (Phi) is 4.18. The highest BCUT2D eigenvalue weighted by Crippen LogP contribution is 2.21. The van der Waals surface area contributed by atoms with Gasteiger partial charge in [-0.3, -0.25) is 4.79 Å². The van der Waals surface area contributed by atoms with E-state index in [1.54, 1.807) is 0 Å². The fourth-order valence-electron chi connectivity index (χ4n) is 3.10. The maximum atomic E-state index is 12.4. The average Bonchev–Trinajstić information content (AvgIpc) is 2.95. The molecule has 1 fully saturated rings. The average molecular weight is 299 g/mol. The second-order valence-corrected chi connectivity index (χ2v) is 6.25. The number of nitrogens with zero attached hydrogens (tertiary/aromatic N) is 5. The van der Waals surface area contributed by atoms with Gasteiger partial charge in [0, 0.05) is 18.7 Å². The van der Waals surface area contributed by atoms with Crippen molar-refractivity contribution in [3.8, 4) is 11.4 Å². The van der Waals surface area contributed by atoms with Gasteiger partial charge in [-0.2, -0.15) is 4.80 Å². The first kappa shape index (κ1) is 14.7. The van der Waals surface area contributed by atoms with Crippen molar-refractivity contribution in [1.29, 1.82) is 0 Å². The lowest BCUT2D eigenvalue weighted by atomic mass is 9.92. The molecule has 0 N–H and O–H groups in total. The first-order chi connectivity index (χ1) is 10.6. The SMILES string of the molecule is C[C@@H]1C[C@H](C)CN(C(=O)Cn2nnc(-c3ccccc3)n2)C1. The number of rotatable bonds is 3. The molecule has 1 aliphatic heterocycles. The first-order valence-electron chi connectivity index (χ1n) is 7.73. The van der Waals surface area contributed by atoms with Gasteiger partial charge in [-0.1, -0.05) is 44.2 Å². The van der Waals surface area contributed by atoms with Gasteiger partial charge in [-0.05, 0) is 23.5 Å². The largest absolute Gasteiger partial charge is 0.340 e. The summed E-state index contributed by atoms with van der Waals surface area (Å²) in [7, 11) is 0. The maximum absolute atomic E-state index is 12.4. The standard InChI is InChI=1S/C16H21N5O/c1-12-8-13(2)10-20(9-12)15(22)11-21-18-16(17-19-21)14-6-4-3-5-7-14/h3-7,12-13H,8-11H2,1-2H3/t12-,13+. The van der Waals surface area contributed by atoms with E-state index in [0.29, 0.717) is 17.7 Å². The number of hydrogen-bond donors (Lipinski definition) is 0. The summed E-state index contributed by atoms with van der Waals surface area (Å²) in [6.07, 6.45) is 1.18. The molecule has 0 radical (unpaired) electrons. The zero-order chi connectivity index (χ0) is 15.5. The van der Waals surface area contributed by atoms with E-state index in [4.69, 9.17) is 0 Å². The van der Waals surface area contributed by atoms with Crippen LogP contribution in [0.2, 0.25) is 0 Å². The highest BCUT2D eigenvalue weighted by molar-refractivity contribution is 5.76. The number of carbonyl (C=O) groups excluding carboxylic acids is 1. The molecule has 2 atom stereocenters. The van der Waals surface area contributed by atoms with Gasteiger partial charge in [0.05, 0.1) is 0 Å². The minimum absolute atomic E-state index is 0.0652. The molecule has 0 spiro atoms. The number of tetrazole rings is 1. The molecule has 0 bridgehead atoms. The topological polar surface area (TPSA) is 63.9 Å². The predicted molar refractivity (Wildman–Crippen MR) is 82.8 cm³/mol. The molecule has 3 rings (SSSR count). The van der Waals surface area contributed by atoms with Crippen LogP contribution in [0.25, 0.3) is 11.4 Å². The highest BCUT2D eigenvalue weighted by Gasteiger charge is 2.25. The molecule has 0 unspecified atom stereocenters. The van der Waals surface area contributed by atoms with Gasteiger partial charge >= 0.3 is 0 Å². The number of piperidine rings is 1. The van der Waals surface area contributed by atoms with Gasteiger partial charge in [-0.15, -0.1) is 10.2 Å². The summed E-state index contributed by atoms with van der Waals surface area (Å²) in [6.45, 7) is 6.18. The predicted octanol–water partition coefficient (Wildman–Crippen LogP) is 1.84. The van der Waals surface area contributed by atoms with Gasteiger partial charge in [0.15, 0.2) is 0 Å². The molecule has 0 aliphatic carbocycles. The molecule has 116 valence electrons. The molecule has 6 heteroatoms. The zero-order valence-electron chi connectivity index (χ0n) is 13.0. The Morgan fingerprint density at radius 3 is 2.55 bits per heavy atom. The lowest BCUT2D eigenvalue weighted by molar-refractivity contribution is -0.135. The van der Waals surface area contributed by atoms with Crippen LogP contribution in [0.5, 0.6) is 0 Å². The molecular weight excluding hydrogens is 278 g/mol. The smallest absolute Gasteiger partial charge is 0.246 e. The minimum Gasteiger partial charge on any atom is -0.340 e. The molecule has 22 heavy (non-hydrogen) atoms. The monoisotopic (exact) mass is 299 g/mol. The Morgan fingerprint density at radius 1 is 1.18 bits per heavy atom. The van der Waals surface area contributed by atoms with E-state index in [-0.39, 0.29) is 12.5 Å². The van der Waals surface area contributed by atoms with Crippen molar-refractivity contribution >= 4 is 5.91 Å². The Hall–Kier alpha value is -2.24.